The molecular weight excluding hydrogens is 142 g/mol. The van der Waals surface area contributed by atoms with Crippen LogP contribution < -0.4 is 0 Å². The molecule has 0 fully saturated rings. The first kappa shape index (κ1) is 10.0. The van der Waals surface area contributed by atoms with Crippen molar-refractivity contribution in [2.45, 2.75) is 33.6 Å². The van der Waals surface area contributed by atoms with Crippen LogP contribution in [0.15, 0.2) is 4.40 Å². The van der Waals surface area contributed by atoms with Crippen molar-refractivity contribution in [2.24, 2.45) is 9.81 Å². The van der Waals surface area contributed by atoms with Crippen LogP contribution in [0.3, 0.4) is 0 Å². The highest BCUT2D eigenvalue weighted by Gasteiger charge is 2.07. The third-order valence-corrected chi connectivity index (χ3v) is 1.56. The molecule has 0 amide bonds. The molecule has 0 bridgehead atoms. The molecule has 0 aliphatic carbocycles. The summed E-state index contributed by atoms with van der Waals surface area (Å²) < 4.78 is 4.07. The summed E-state index contributed by atoms with van der Waals surface area (Å²) in [4.78, 5) is 0. The lowest BCUT2D eigenvalue weighted by atomic mass is 9.91. The summed E-state index contributed by atoms with van der Waals surface area (Å²) in [5.74, 6) is 0. The van der Waals surface area contributed by atoms with Crippen LogP contribution in [-0.2, 0) is 0 Å². The number of hydrogen-bond acceptors (Lipinski definition) is 2. The summed E-state index contributed by atoms with van der Waals surface area (Å²) >= 11 is 1.52. The summed E-state index contributed by atoms with van der Waals surface area (Å²) in [6.07, 6.45) is 6.30. The van der Waals surface area contributed by atoms with E-state index in [4.69, 9.17) is 0 Å². The van der Waals surface area contributed by atoms with Crippen molar-refractivity contribution >= 4 is 18.2 Å². The van der Waals surface area contributed by atoms with Crippen molar-refractivity contribution in [3.63, 3.8) is 0 Å². The maximum Gasteiger partial charge on any atom is 0.0126 e. The molecule has 2 heteroatoms. The molecule has 0 N–H and O–H groups in total. The van der Waals surface area contributed by atoms with Gasteiger partial charge in [0.25, 0.3) is 0 Å². The van der Waals surface area contributed by atoms with Crippen molar-refractivity contribution in [1.82, 2.24) is 0 Å². The zero-order valence-electron chi connectivity index (χ0n) is 7.35. The molecule has 0 aliphatic heterocycles. The molecule has 1 nitrogen and oxygen atoms in total. The van der Waals surface area contributed by atoms with Gasteiger partial charge in [-0.05, 0) is 30.2 Å². The first-order valence-electron chi connectivity index (χ1n) is 3.61. The van der Waals surface area contributed by atoms with E-state index in [1.165, 1.54) is 18.4 Å². The van der Waals surface area contributed by atoms with Gasteiger partial charge in [0, 0.05) is 12.5 Å². The summed E-state index contributed by atoms with van der Waals surface area (Å²) in [6, 6.07) is 0. The molecule has 0 rings (SSSR count). The number of rotatable bonds is 3. The van der Waals surface area contributed by atoms with Gasteiger partial charge in [-0.15, -0.1) is 0 Å². The fourth-order valence-electron chi connectivity index (χ4n) is 0.625. The summed E-state index contributed by atoms with van der Waals surface area (Å²) in [5.41, 5.74) is 0.449. The molecule has 0 aromatic carbocycles. The Kier molecular flexibility index (Phi) is 4.79. The van der Waals surface area contributed by atoms with Crippen LogP contribution in [0.5, 0.6) is 0 Å². The van der Waals surface area contributed by atoms with Crippen LogP contribution in [0, 0.1) is 5.41 Å². The van der Waals surface area contributed by atoms with Crippen LogP contribution in [0.2, 0.25) is 0 Å². The molecule has 0 atom stereocenters. The average molecular weight is 159 g/mol. The van der Waals surface area contributed by atoms with Crippen LogP contribution in [0.4, 0.5) is 0 Å². The maximum atomic E-state index is 4.07. The molecule has 60 valence electrons. The van der Waals surface area contributed by atoms with E-state index in [1.807, 2.05) is 12.5 Å². The molecule has 0 unspecified atom stereocenters. The molecule has 0 radical (unpaired) electrons. The standard InChI is InChI=1S/C8H17NS/c1-8(2,3)6-5-7-9-10-4/h7H,5-6H2,1-4H3. The Balaban J connectivity index is 3.28. The second kappa shape index (κ2) is 4.78. The third kappa shape index (κ3) is 8.02. The lowest BCUT2D eigenvalue weighted by Crippen LogP contribution is -2.03. The van der Waals surface area contributed by atoms with E-state index >= 15 is 0 Å². The van der Waals surface area contributed by atoms with E-state index in [1.54, 1.807) is 0 Å². The van der Waals surface area contributed by atoms with Crippen molar-refractivity contribution in [3.8, 4) is 0 Å². The highest BCUT2D eigenvalue weighted by molar-refractivity contribution is 7.97. The Morgan fingerprint density at radius 2 is 2.00 bits per heavy atom. The Labute approximate surface area is 68.4 Å². The Morgan fingerprint density at radius 3 is 2.40 bits per heavy atom. The fourth-order valence-corrected chi connectivity index (χ4v) is 0.879. The predicted molar refractivity (Wildman–Crippen MR) is 50.7 cm³/mol. The van der Waals surface area contributed by atoms with Crippen LogP contribution in [0.25, 0.3) is 0 Å². The average Bonchev–Trinajstić information content (AvgIpc) is 1.78. The first-order chi connectivity index (χ1) is 4.56. The number of nitrogens with zero attached hydrogens (tertiary/aromatic N) is 1. The second-order valence-corrected chi connectivity index (χ2v) is 4.15. The summed E-state index contributed by atoms with van der Waals surface area (Å²) in [7, 11) is 0. The first-order valence-corrected chi connectivity index (χ1v) is 4.79. The minimum atomic E-state index is 0.449. The van der Waals surface area contributed by atoms with E-state index < -0.39 is 0 Å². The summed E-state index contributed by atoms with van der Waals surface area (Å²) in [5, 5.41) is 0. The zero-order valence-corrected chi connectivity index (χ0v) is 8.16. The highest BCUT2D eigenvalue weighted by atomic mass is 32.2. The van der Waals surface area contributed by atoms with Crippen molar-refractivity contribution in [3.05, 3.63) is 0 Å². The smallest absolute Gasteiger partial charge is 0.0126 e. The monoisotopic (exact) mass is 159 g/mol. The molecular formula is C8H17NS. The van der Waals surface area contributed by atoms with Crippen LogP contribution in [0.1, 0.15) is 33.6 Å². The lowest BCUT2D eigenvalue weighted by molar-refractivity contribution is 0.387. The largest absolute Gasteiger partial charge is 0.229 e. The summed E-state index contributed by atoms with van der Waals surface area (Å²) in [6.45, 7) is 6.75. The predicted octanol–water partition coefficient (Wildman–Crippen LogP) is 3.16. The lowest BCUT2D eigenvalue weighted by Gasteiger charge is -2.15. The van der Waals surface area contributed by atoms with E-state index in [0.717, 1.165) is 6.42 Å². The van der Waals surface area contributed by atoms with E-state index in [-0.39, 0.29) is 0 Å². The van der Waals surface area contributed by atoms with Crippen molar-refractivity contribution in [2.75, 3.05) is 6.26 Å². The van der Waals surface area contributed by atoms with Gasteiger partial charge in [0.15, 0.2) is 0 Å². The minimum absolute atomic E-state index is 0.449. The topological polar surface area (TPSA) is 12.4 Å². The molecule has 0 aromatic heterocycles. The van der Waals surface area contributed by atoms with Gasteiger partial charge in [-0.1, -0.05) is 20.8 Å². The molecule has 0 saturated carbocycles. The van der Waals surface area contributed by atoms with Gasteiger partial charge < -0.3 is 0 Å². The van der Waals surface area contributed by atoms with Gasteiger partial charge in [0.05, 0.1) is 0 Å². The van der Waals surface area contributed by atoms with Gasteiger partial charge in [0.2, 0.25) is 0 Å². The van der Waals surface area contributed by atoms with Crippen molar-refractivity contribution < 1.29 is 0 Å². The molecule has 0 aromatic rings. The molecule has 10 heavy (non-hydrogen) atoms. The van der Waals surface area contributed by atoms with E-state index in [2.05, 4.69) is 25.2 Å². The Morgan fingerprint density at radius 1 is 1.40 bits per heavy atom. The van der Waals surface area contributed by atoms with Gasteiger partial charge >= 0.3 is 0 Å². The molecule has 0 spiro atoms. The number of hydrogen-bond donors (Lipinski definition) is 0. The van der Waals surface area contributed by atoms with E-state index in [0.29, 0.717) is 5.41 Å². The second-order valence-electron chi connectivity index (χ2n) is 3.57. The quantitative estimate of drug-likeness (QED) is 0.455. The molecule has 0 aliphatic rings. The van der Waals surface area contributed by atoms with Crippen LogP contribution in [-0.4, -0.2) is 12.5 Å². The minimum Gasteiger partial charge on any atom is -0.229 e. The molecule has 0 heterocycles. The maximum absolute atomic E-state index is 4.07. The van der Waals surface area contributed by atoms with E-state index in [9.17, 15) is 0 Å². The molecule has 0 saturated heterocycles. The van der Waals surface area contributed by atoms with Gasteiger partial charge in [-0.2, -0.15) is 0 Å². The SMILES string of the molecule is CSN=CCCC(C)(C)C. The zero-order chi connectivity index (χ0) is 8.04. The van der Waals surface area contributed by atoms with Gasteiger partial charge in [-0.3, -0.25) is 0 Å². The van der Waals surface area contributed by atoms with Gasteiger partial charge in [-0.25, -0.2) is 4.40 Å². The Bertz CT molecular complexity index is 102. The normalized spacial score (nSPS) is 12.8. The van der Waals surface area contributed by atoms with Crippen molar-refractivity contribution in [1.29, 1.82) is 0 Å². The fraction of sp³-hybridized carbons (Fsp3) is 0.875. The van der Waals surface area contributed by atoms with Gasteiger partial charge in [0.1, 0.15) is 0 Å². The Hall–Kier alpha value is 0.0200. The third-order valence-electron chi connectivity index (χ3n) is 1.20. The highest BCUT2D eigenvalue weighted by Crippen LogP contribution is 2.19. The van der Waals surface area contributed by atoms with Crippen LogP contribution >= 0.6 is 11.9 Å².